The highest BCUT2D eigenvalue weighted by Gasteiger charge is 2.41. The summed E-state index contributed by atoms with van der Waals surface area (Å²) in [6.07, 6.45) is 4.33. The number of esters is 1. The number of hydrogen-bond acceptors (Lipinski definition) is 7. The minimum atomic E-state index is -0.803. The second-order valence-electron chi connectivity index (χ2n) is 4.67. The molecule has 1 aromatic heterocycles. The first-order chi connectivity index (χ1) is 9.59. The van der Waals surface area contributed by atoms with Crippen molar-refractivity contribution in [2.24, 2.45) is 0 Å². The number of ether oxygens (including phenoxy) is 2. The van der Waals surface area contributed by atoms with Crippen LogP contribution in [0.1, 0.15) is 32.1 Å². The maximum absolute atomic E-state index is 12.1. The average Bonchev–Trinajstić information content (AvgIpc) is 2.46. The first-order valence-electron chi connectivity index (χ1n) is 6.42. The second-order valence-corrected chi connectivity index (χ2v) is 5.01. The number of aromatic nitrogens is 3. The minimum absolute atomic E-state index is 0.00942. The molecular formula is C12H17ClN4O3. The van der Waals surface area contributed by atoms with Crippen LogP contribution in [0.2, 0.25) is 5.28 Å². The Morgan fingerprint density at radius 1 is 1.20 bits per heavy atom. The Morgan fingerprint density at radius 3 is 2.50 bits per heavy atom. The van der Waals surface area contributed by atoms with Crippen molar-refractivity contribution in [3.05, 3.63) is 5.28 Å². The number of halogens is 1. The molecule has 0 amide bonds. The molecule has 0 atom stereocenters. The van der Waals surface area contributed by atoms with Gasteiger partial charge in [0, 0.05) is 0 Å². The summed E-state index contributed by atoms with van der Waals surface area (Å²) in [5, 5.41) is 3.07. The van der Waals surface area contributed by atoms with E-state index in [-0.39, 0.29) is 23.2 Å². The van der Waals surface area contributed by atoms with Crippen LogP contribution >= 0.6 is 11.6 Å². The van der Waals surface area contributed by atoms with E-state index in [1.165, 1.54) is 14.2 Å². The summed E-state index contributed by atoms with van der Waals surface area (Å²) < 4.78 is 9.86. The molecule has 0 spiro atoms. The summed E-state index contributed by atoms with van der Waals surface area (Å²) in [5.41, 5.74) is -0.803. The molecule has 1 fully saturated rings. The topological polar surface area (TPSA) is 86.2 Å². The molecule has 0 aliphatic heterocycles. The normalized spacial score (nSPS) is 17.4. The molecule has 1 N–H and O–H groups in total. The molecule has 0 saturated heterocycles. The molecule has 1 aromatic rings. The molecule has 110 valence electrons. The summed E-state index contributed by atoms with van der Waals surface area (Å²) in [6, 6.07) is 0.100. The lowest BCUT2D eigenvalue weighted by Gasteiger charge is -2.35. The van der Waals surface area contributed by atoms with E-state index in [1.54, 1.807) is 0 Å². The van der Waals surface area contributed by atoms with Gasteiger partial charge in [0.1, 0.15) is 5.54 Å². The van der Waals surface area contributed by atoms with E-state index >= 15 is 0 Å². The summed E-state index contributed by atoms with van der Waals surface area (Å²) >= 11 is 5.81. The van der Waals surface area contributed by atoms with Gasteiger partial charge in [0.15, 0.2) is 0 Å². The Labute approximate surface area is 122 Å². The van der Waals surface area contributed by atoms with Crippen molar-refractivity contribution < 1.29 is 14.3 Å². The SMILES string of the molecule is COC(=O)C1(Nc2nc(Cl)nc(OC)n2)CCCCC1. The van der Waals surface area contributed by atoms with Gasteiger partial charge in [0.2, 0.25) is 11.2 Å². The molecule has 0 bridgehead atoms. The van der Waals surface area contributed by atoms with Gasteiger partial charge in [-0.15, -0.1) is 0 Å². The molecule has 1 aliphatic carbocycles. The Kier molecular flexibility index (Phi) is 4.59. The smallest absolute Gasteiger partial charge is 0.331 e. The van der Waals surface area contributed by atoms with Crippen molar-refractivity contribution in [1.29, 1.82) is 0 Å². The molecule has 0 aromatic carbocycles. The standard InChI is InChI=1S/C12H17ClN4O3/c1-19-8(18)12(6-4-3-5-7-12)17-10-14-9(13)15-11(16-10)20-2/h3-7H2,1-2H3,(H,14,15,16,17). The van der Waals surface area contributed by atoms with Gasteiger partial charge in [-0.05, 0) is 24.4 Å². The van der Waals surface area contributed by atoms with Gasteiger partial charge in [-0.1, -0.05) is 19.3 Å². The van der Waals surface area contributed by atoms with Crippen molar-refractivity contribution in [2.75, 3.05) is 19.5 Å². The van der Waals surface area contributed by atoms with Gasteiger partial charge in [-0.25, -0.2) is 4.79 Å². The van der Waals surface area contributed by atoms with Gasteiger partial charge in [-0.3, -0.25) is 0 Å². The largest absolute Gasteiger partial charge is 0.467 e. The summed E-state index contributed by atoms with van der Waals surface area (Å²) in [6.45, 7) is 0. The summed E-state index contributed by atoms with van der Waals surface area (Å²) in [7, 11) is 2.81. The fourth-order valence-electron chi connectivity index (χ4n) is 2.42. The molecule has 0 unspecified atom stereocenters. The van der Waals surface area contributed by atoms with Crippen molar-refractivity contribution in [3.8, 4) is 6.01 Å². The van der Waals surface area contributed by atoms with Gasteiger partial charge < -0.3 is 14.8 Å². The van der Waals surface area contributed by atoms with E-state index in [0.717, 1.165) is 19.3 Å². The zero-order valence-corrected chi connectivity index (χ0v) is 12.2. The summed E-state index contributed by atoms with van der Waals surface area (Å²) in [4.78, 5) is 24.0. The van der Waals surface area contributed by atoms with Crippen LogP contribution in [0.4, 0.5) is 5.95 Å². The highest BCUT2D eigenvalue weighted by Crippen LogP contribution is 2.32. The molecule has 1 saturated carbocycles. The number of rotatable bonds is 4. The number of nitrogens with zero attached hydrogens (tertiary/aromatic N) is 3. The molecular weight excluding hydrogens is 284 g/mol. The van der Waals surface area contributed by atoms with Crippen LogP contribution in [0, 0.1) is 0 Å². The van der Waals surface area contributed by atoms with E-state index in [9.17, 15) is 4.79 Å². The Hall–Kier alpha value is -1.63. The second kappa shape index (κ2) is 6.21. The van der Waals surface area contributed by atoms with E-state index in [1.807, 2.05) is 0 Å². The van der Waals surface area contributed by atoms with E-state index in [2.05, 4.69) is 20.3 Å². The fraction of sp³-hybridized carbons (Fsp3) is 0.667. The molecule has 1 aliphatic rings. The third-order valence-corrected chi connectivity index (χ3v) is 3.57. The predicted molar refractivity (Wildman–Crippen MR) is 72.8 cm³/mol. The van der Waals surface area contributed by atoms with Crippen molar-refractivity contribution in [1.82, 2.24) is 15.0 Å². The van der Waals surface area contributed by atoms with Gasteiger partial charge in [-0.2, -0.15) is 15.0 Å². The average molecular weight is 301 g/mol. The number of carbonyl (C=O) groups excluding carboxylic acids is 1. The highest BCUT2D eigenvalue weighted by molar-refractivity contribution is 6.28. The van der Waals surface area contributed by atoms with Gasteiger partial charge in [0.05, 0.1) is 14.2 Å². The Bertz CT molecular complexity index is 492. The Morgan fingerprint density at radius 2 is 1.90 bits per heavy atom. The van der Waals surface area contributed by atoms with Crippen LogP contribution in [0.5, 0.6) is 6.01 Å². The zero-order chi connectivity index (χ0) is 14.6. The lowest BCUT2D eigenvalue weighted by Crippen LogP contribution is -2.49. The number of anilines is 1. The highest BCUT2D eigenvalue weighted by atomic mass is 35.5. The number of carbonyl (C=O) groups is 1. The van der Waals surface area contributed by atoms with Crippen molar-refractivity contribution in [2.45, 2.75) is 37.6 Å². The van der Waals surface area contributed by atoms with E-state index in [4.69, 9.17) is 21.1 Å². The third-order valence-electron chi connectivity index (χ3n) is 3.40. The fourth-order valence-corrected chi connectivity index (χ4v) is 2.58. The minimum Gasteiger partial charge on any atom is -0.467 e. The van der Waals surface area contributed by atoms with Crippen LogP contribution in [0.3, 0.4) is 0 Å². The first kappa shape index (κ1) is 14.8. The monoisotopic (exact) mass is 300 g/mol. The molecule has 7 nitrogen and oxygen atoms in total. The predicted octanol–water partition coefficient (Wildman–Crippen LogP) is 1.82. The lowest BCUT2D eigenvalue weighted by atomic mass is 9.82. The van der Waals surface area contributed by atoms with E-state index in [0.29, 0.717) is 12.8 Å². The van der Waals surface area contributed by atoms with E-state index < -0.39 is 5.54 Å². The first-order valence-corrected chi connectivity index (χ1v) is 6.79. The van der Waals surface area contributed by atoms with Crippen molar-refractivity contribution in [3.63, 3.8) is 0 Å². The van der Waals surface area contributed by atoms with Gasteiger partial charge in [0.25, 0.3) is 0 Å². The molecule has 8 heteroatoms. The zero-order valence-electron chi connectivity index (χ0n) is 11.5. The molecule has 1 heterocycles. The van der Waals surface area contributed by atoms with Crippen LogP contribution < -0.4 is 10.1 Å². The Balaban J connectivity index is 2.27. The number of nitrogens with one attached hydrogen (secondary N) is 1. The maximum Gasteiger partial charge on any atom is 0.331 e. The van der Waals surface area contributed by atoms with Crippen LogP contribution in [-0.4, -0.2) is 40.7 Å². The van der Waals surface area contributed by atoms with Crippen LogP contribution in [0.25, 0.3) is 0 Å². The molecule has 2 rings (SSSR count). The van der Waals surface area contributed by atoms with Crippen molar-refractivity contribution >= 4 is 23.5 Å². The quantitative estimate of drug-likeness (QED) is 0.849. The molecule has 0 radical (unpaired) electrons. The number of hydrogen-bond donors (Lipinski definition) is 1. The third kappa shape index (κ3) is 3.09. The molecule has 20 heavy (non-hydrogen) atoms. The summed E-state index contributed by atoms with van der Waals surface area (Å²) in [5.74, 6) is -0.0955. The van der Waals surface area contributed by atoms with Crippen LogP contribution in [-0.2, 0) is 9.53 Å². The van der Waals surface area contributed by atoms with Crippen LogP contribution in [0.15, 0.2) is 0 Å². The van der Waals surface area contributed by atoms with Gasteiger partial charge >= 0.3 is 12.0 Å². The number of methoxy groups -OCH3 is 2. The maximum atomic E-state index is 12.1. The lowest BCUT2D eigenvalue weighted by molar-refractivity contribution is -0.147.